The van der Waals surface area contributed by atoms with Crippen LogP contribution in [0, 0.1) is 0 Å². The van der Waals surface area contributed by atoms with Crippen molar-refractivity contribution in [2.45, 2.75) is 70.2 Å². The SMILES string of the molecule is CCC(=O)c1ccccc1OC1OC2COC(c3ccc(OC)c(OC)c3)OC2C(OC(C)C(=O)O)C1NC(C)=O. The standard InChI is InChI=1S/C29H35NO11/c1-6-19(32)18-9-7-8-10-20(18)39-29-24(30-16(3)31)26(38-15(2)27(33)34)25-23(40-29)14-37-28(41-25)17-11-12-21(35-4)22(13-17)36-5/h7-13,15,23-26,28-29H,6,14H2,1-5H3,(H,30,31)(H,33,34). The van der Waals surface area contributed by atoms with Gasteiger partial charge in [0.2, 0.25) is 12.2 Å². The zero-order valence-corrected chi connectivity index (χ0v) is 23.5. The molecule has 222 valence electrons. The highest BCUT2D eigenvalue weighted by Crippen LogP contribution is 2.39. The average molecular weight is 574 g/mol. The lowest BCUT2D eigenvalue weighted by Crippen LogP contribution is -2.68. The van der Waals surface area contributed by atoms with Crippen molar-refractivity contribution in [2.24, 2.45) is 0 Å². The quantitative estimate of drug-likeness (QED) is 0.382. The number of carboxylic acids is 1. The molecule has 0 spiro atoms. The monoisotopic (exact) mass is 573 g/mol. The minimum Gasteiger partial charge on any atom is -0.493 e. The Morgan fingerprint density at radius 3 is 2.44 bits per heavy atom. The van der Waals surface area contributed by atoms with Crippen LogP contribution in [-0.2, 0) is 28.5 Å². The van der Waals surface area contributed by atoms with Gasteiger partial charge in [-0.15, -0.1) is 0 Å². The fourth-order valence-corrected chi connectivity index (χ4v) is 4.80. The van der Waals surface area contributed by atoms with Gasteiger partial charge in [-0.2, -0.15) is 0 Å². The highest BCUT2D eigenvalue weighted by atomic mass is 16.8. The largest absolute Gasteiger partial charge is 0.493 e. The van der Waals surface area contributed by atoms with E-state index in [1.807, 2.05) is 0 Å². The van der Waals surface area contributed by atoms with Crippen LogP contribution >= 0.6 is 0 Å². The van der Waals surface area contributed by atoms with E-state index < -0.39 is 54.9 Å². The molecule has 1 amide bonds. The Kier molecular flexibility index (Phi) is 9.81. The van der Waals surface area contributed by atoms with Crippen molar-refractivity contribution in [1.82, 2.24) is 5.32 Å². The lowest BCUT2D eigenvalue weighted by atomic mass is 9.94. The molecule has 0 aromatic heterocycles. The smallest absolute Gasteiger partial charge is 0.332 e. The first-order valence-corrected chi connectivity index (χ1v) is 13.3. The van der Waals surface area contributed by atoms with E-state index in [2.05, 4.69) is 5.32 Å². The minimum atomic E-state index is -1.25. The number of hydrogen-bond donors (Lipinski definition) is 2. The van der Waals surface area contributed by atoms with Crippen molar-refractivity contribution < 1.29 is 52.6 Å². The molecule has 4 rings (SSSR count). The second-order valence-corrected chi connectivity index (χ2v) is 9.62. The number of benzene rings is 2. The summed E-state index contributed by atoms with van der Waals surface area (Å²) in [6, 6.07) is 10.9. The van der Waals surface area contributed by atoms with Crippen LogP contribution in [0.4, 0.5) is 0 Å². The topological polar surface area (TPSA) is 148 Å². The number of carbonyl (C=O) groups excluding carboxylic acids is 2. The summed E-state index contributed by atoms with van der Waals surface area (Å²) < 4.78 is 41.4. The lowest BCUT2D eigenvalue weighted by Gasteiger charge is -2.49. The van der Waals surface area contributed by atoms with Gasteiger partial charge in [-0.05, 0) is 31.2 Å². The van der Waals surface area contributed by atoms with Crippen LogP contribution in [0.25, 0.3) is 0 Å². The van der Waals surface area contributed by atoms with E-state index in [0.29, 0.717) is 22.6 Å². The molecule has 2 heterocycles. The maximum absolute atomic E-state index is 12.6. The minimum absolute atomic E-state index is 0.0349. The van der Waals surface area contributed by atoms with Crippen LogP contribution in [0.5, 0.6) is 17.2 Å². The molecule has 12 nitrogen and oxygen atoms in total. The summed E-state index contributed by atoms with van der Waals surface area (Å²) >= 11 is 0. The van der Waals surface area contributed by atoms with Crippen LogP contribution in [0.1, 0.15) is 49.4 Å². The molecule has 2 aliphatic heterocycles. The first-order valence-electron chi connectivity index (χ1n) is 13.3. The number of aliphatic carboxylic acids is 1. The van der Waals surface area contributed by atoms with E-state index in [-0.39, 0.29) is 24.6 Å². The van der Waals surface area contributed by atoms with Gasteiger partial charge in [0, 0.05) is 18.9 Å². The fraction of sp³-hybridized carbons (Fsp3) is 0.483. The predicted molar refractivity (Wildman–Crippen MR) is 143 cm³/mol. The number of amides is 1. The van der Waals surface area contributed by atoms with Crippen molar-refractivity contribution in [3.05, 3.63) is 53.6 Å². The van der Waals surface area contributed by atoms with Gasteiger partial charge in [0.15, 0.2) is 29.7 Å². The second kappa shape index (κ2) is 13.3. The van der Waals surface area contributed by atoms with Crippen LogP contribution in [0.3, 0.4) is 0 Å². The van der Waals surface area contributed by atoms with Gasteiger partial charge in [-0.1, -0.05) is 25.1 Å². The van der Waals surface area contributed by atoms with Crippen molar-refractivity contribution >= 4 is 17.7 Å². The van der Waals surface area contributed by atoms with E-state index in [9.17, 15) is 19.5 Å². The van der Waals surface area contributed by atoms with Crippen molar-refractivity contribution in [3.8, 4) is 17.2 Å². The van der Waals surface area contributed by atoms with Crippen LogP contribution in [-0.4, -0.2) is 80.3 Å². The Labute approximate surface area is 237 Å². The zero-order chi connectivity index (χ0) is 29.7. The maximum atomic E-state index is 12.6. The fourth-order valence-electron chi connectivity index (χ4n) is 4.80. The molecule has 2 N–H and O–H groups in total. The van der Waals surface area contributed by atoms with E-state index in [1.54, 1.807) is 49.4 Å². The molecule has 0 saturated carbocycles. The Bertz CT molecular complexity index is 1250. The van der Waals surface area contributed by atoms with Gasteiger partial charge < -0.3 is 43.6 Å². The summed E-state index contributed by atoms with van der Waals surface area (Å²) in [5.74, 6) is -0.520. The van der Waals surface area contributed by atoms with Crippen molar-refractivity contribution in [3.63, 3.8) is 0 Å². The number of Topliss-reactive ketones (excluding diaryl/α,β-unsaturated/α-hetero) is 1. The number of carbonyl (C=O) groups is 3. The Hall–Kier alpha value is -3.71. The summed E-state index contributed by atoms with van der Waals surface area (Å²) in [5.41, 5.74) is 0.968. The molecule has 2 aliphatic rings. The summed E-state index contributed by atoms with van der Waals surface area (Å²) in [6.07, 6.45) is -5.71. The number of ketones is 1. The number of fused-ring (bicyclic) bond motifs is 1. The lowest BCUT2D eigenvalue weighted by molar-refractivity contribution is -0.340. The Balaban J connectivity index is 1.68. The van der Waals surface area contributed by atoms with E-state index >= 15 is 0 Å². The summed E-state index contributed by atoms with van der Waals surface area (Å²) in [7, 11) is 3.04. The molecule has 2 aromatic rings. The Morgan fingerprint density at radius 2 is 1.78 bits per heavy atom. The van der Waals surface area contributed by atoms with Crippen LogP contribution in [0.15, 0.2) is 42.5 Å². The number of ether oxygens (including phenoxy) is 7. The molecular formula is C29H35NO11. The first-order chi connectivity index (χ1) is 19.7. The van der Waals surface area contributed by atoms with Gasteiger partial charge in [0.05, 0.1) is 26.4 Å². The molecule has 7 unspecified atom stereocenters. The molecule has 12 heteroatoms. The van der Waals surface area contributed by atoms with Crippen LogP contribution < -0.4 is 19.5 Å². The third-order valence-electron chi connectivity index (χ3n) is 6.85. The van der Waals surface area contributed by atoms with Gasteiger partial charge in [-0.3, -0.25) is 9.59 Å². The summed E-state index contributed by atoms with van der Waals surface area (Å²) in [4.78, 5) is 36.7. The molecule has 2 fully saturated rings. The molecule has 2 saturated heterocycles. The molecule has 2 aromatic carbocycles. The average Bonchev–Trinajstić information content (AvgIpc) is 2.97. The molecule has 0 aliphatic carbocycles. The normalized spacial score (nSPS) is 26.3. The number of carboxylic acid groups (broad SMARTS) is 1. The molecule has 0 radical (unpaired) electrons. The second-order valence-electron chi connectivity index (χ2n) is 9.62. The van der Waals surface area contributed by atoms with Gasteiger partial charge in [0.1, 0.15) is 30.1 Å². The number of hydrogen-bond acceptors (Lipinski definition) is 10. The number of nitrogens with one attached hydrogen (secondary N) is 1. The third-order valence-corrected chi connectivity index (χ3v) is 6.85. The summed E-state index contributed by atoms with van der Waals surface area (Å²) in [6.45, 7) is 4.47. The number of para-hydroxylation sites is 1. The van der Waals surface area contributed by atoms with Crippen LogP contribution in [0.2, 0.25) is 0 Å². The number of methoxy groups -OCH3 is 2. The molecule has 7 atom stereocenters. The van der Waals surface area contributed by atoms with Gasteiger partial charge >= 0.3 is 5.97 Å². The van der Waals surface area contributed by atoms with Gasteiger partial charge in [-0.25, -0.2) is 4.79 Å². The predicted octanol–water partition coefficient (Wildman–Crippen LogP) is 2.88. The van der Waals surface area contributed by atoms with Crippen molar-refractivity contribution in [1.29, 1.82) is 0 Å². The third kappa shape index (κ3) is 6.79. The van der Waals surface area contributed by atoms with Crippen molar-refractivity contribution in [2.75, 3.05) is 20.8 Å². The summed E-state index contributed by atoms with van der Waals surface area (Å²) in [5, 5.41) is 12.4. The van der Waals surface area contributed by atoms with E-state index in [0.717, 1.165) is 0 Å². The molecule has 0 bridgehead atoms. The first kappa shape index (κ1) is 30.3. The van der Waals surface area contributed by atoms with E-state index in [1.165, 1.54) is 28.1 Å². The highest BCUT2D eigenvalue weighted by molar-refractivity contribution is 5.98. The highest BCUT2D eigenvalue weighted by Gasteiger charge is 2.53. The molecule has 41 heavy (non-hydrogen) atoms. The van der Waals surface area contributed by atoms with E-state index in [4.69, 9.17) is 33.2 Å². The Morgan fingerprint density at radius 1 is 1.05 bits per heavy atom. The maximum Gasteiger partial charge on any atom is 0.332 e. The zero-order valence-electron chi connectivity index (χ0n) is 23.5. The van der Waals surface area contributed by atoms with Gasteiger partial charge in [0.25, 0.3) is 0 Å². The molecular weight excluding hydrogens is 538 g/mol. The number of rotatable bonds is 11.